The fraction of sp³-hybridized carbons (Fsp3) is 0.633. The van der Waals surface area contributed by atoms with Crippen molar-refractivity contribution in [1.82, 2.24) is 20.2 Å². The number of hydrogen-bond donors (Lipinski definition) is 3. The van der Waals surface area contributed by atoms with Crippen molar-refractivity contribution in [2.45, 2.75) is 70.9 Å². The van der Waals surface area contributed by atoms with E-state index in [-0.39, 0.29) is 17.2 Å². The van der Waals surface area contributed by atoms with Crippen LogP contribution in [0.15, 0.2) is 30.5 Å². The average Bonchev–Trinajstić information content (AvgIpc) is 3.46. The number of fused-ring (bicyclic) bond motifs is 2. The van der Waals surface area contributed by atoms with Gasteiger partial charge < -0.3 is 25.6 Å². The maximum Gasteiger partial charge on any atom is 0.229 e. The van der Waals surface area contributed by atoms with Crippen LogP contribution in [0, 0.1) is 23.2 Å². The normalized spacial score (nSPS) is 27.6. The Kier molecular flexibility index (Phi) is 7.98. The number of carbonyl (C=O) groups excluding carboxylic acids is 1. The predicted molar refractivity (Wildman–Crippen MR) is 157 cm³/mol. The molecule has 0 aliphatic heterocycles. The zero-order chi connectivity index (χ0) is 27.8. The van der Waals surface area contributed by atoms with E-state index < -0.39 is 5.54 Å². The zero-order valence-electron chi connectivity index (χ0n) is 23.9. The molecule has 6 rings (SSSR count). The second kappa shape index (κ2) is 11.1. The van der Waals surface area contributed by atoms with E-state index in [2.05, 4.69) is 53.7 Å². The molecule has 0 saturated heterocycles. The van der Waals surface area contributed by atoms with Crippen molar-refractivity contribution in [1.29, 1.82) is 0 Å². The maximum absolute atomic E-state index is 12.9. The molecule has 39 heavy (non-hydrogen) atoms. The Hall–Kier alpha value is -2.58. The Morgan fingerprint density at radius 2 is 1.87 bits per heavy atom. The molecule has 0 spiro atoms. The zero-order valence-corrected chi connectivity index (χ0v) is 24.6. The Morgan fingerprint density at radius 1 is 1.15 bits per heavy atom. The second-order valence-corrected chi connectivity index (χ2v) is 12.8. The number of rotatable bonds is 10. The summed E-state index contributed by atoms with van der Waals surface area (Å²) in [6.07, 6.45) is 8.84. The molecule has 1 aromatic heterocycles. The van der Waals surface area contributed by atoms with Gasteiger partial charge in [0, 0.05) is 25.3 Å². The number of amides is 1. The highest BCUT2D eigenvalue weighted by molar-refractivity contribution is 6.32. The number of carbonyl (C=O) groups is 1. The number of nitrogens with zero attached hydrogens (tertiary/aromatic N) is 3. The Morgan fingerprint density at radius 3 is 2.54 bits per heavy atom. The molecule has 4 fully saturated rings. The third-order valence-corrected chi connectivity index (χ3v) is 10.2. The maximum atomic E-state index is 12.9. The molecule has 3 N–H and O–H groups in total. The van der Waals surface area contributed by atoms with Crippen LogP contribution >= 0.6 is 11.6 Å². The lowest BCUT2D eigenvalue weighted by Gasteiger charge is -2.66. The Labute approximate surface area is 237 Å². The number of nitrogens with one attached hydrogen (secondary N) is 3. The van der Waals surface area contributed by atoms with Crippen LogP contribution in [0.4, 0.5) is 17.5 Å². The van der Waals surface area contributed by atoms with Gasteiger partial charge in [-0.1, -0.05) is 38.3 Å². The monoisotopic (exact) mass is 554 g/mol. The van der Waals surface area contributed by atoms with Crippen LogP contribution in [-0.4, -0.2) is 59.6 Å². The van der Waals surface area contributed by atoms with Gasteiger partial charge in [0.15, 0.2) is 5.82 Å². The highest BCUT2D eigenvalue weighted by Gasteiger charge is 2.64. The SMILES string of the molecule is CNC(=O)[C@H]1C[C@@H]2C[C@H](C2(C)C)[C@@]1(C)Nc1nc(Nc2ccc(OCCN(C)C3CCCC3)cc2)ncc1Cl. The first-order valence-corrected chi connectivity index (χ1v) is 14.7. The van der Waals surface area contributed by atoms with Crippen molar-refractivity contribution in [3.63, 3.8) is 0 Å². The summed E-state index contributed by atoms with van der Waals surface area (Å²) < 4.78 is 5.98. The molecule has 2 aromatic rings. The van der Waals surface area contributed by atoms with Crippen LogP contribution < -0.4 is 20.7 Å². The van der Waals surface area contributed by atoms with E-state index in [1.54, 1.807) is 13.2 Å². The summed E-state index contributed by atoms with van der Waals surface area (Å²) in [7, 11) is 3.90. The van der Waals surface area contributed by atoms with E-state index in [9.17, 15) is 4.79 Å². The highest BCUT2D eigenvalue weighted by atomic mass is 35.5. The van der Waals surface area contributed by atoms with Crippen LogP contribution in [0.5, 0.6) is 5.75 Å². The lowest BCUT2D eigenvalue weighted by atomic mass is 9.40. The minimum Gasteiger partial charge on any atom is -0.492 e. The van der Waals surface area contributed by atoms with Gasteiger partial charge >= 0.3 is 0 Å². The topological polar surface area (TPSA) is 91.4 Å². The molecular weight excluding hydrogens is 512 g/mol. The molecule has 1 heterocycles. The van der Waals surface area contributed by atoms with Gasteiger partial charge in [0.05, 0.1) is 17.7 Å². The van der Waals surface area contributed by atoms with E-state index in [0.717, 1.165) is 30.8 Å². The molecule has 1 amide bonds. The molecule has 0 radical (unpaired) electrons. The van der Waals surface area contributed by atoms with Crippen molar-refractivity contribution >= 4 is 35.0 Å². The molecule has 4 aliphatic carbocycles. The van der Waals surface area contributed by atoms with E-state index >= 15 is 0 Å². The number of benzene rings is 1. The first-order chi connectivity index (χ1) is 18.6. The lowest BCUT2D eigenvalue weighted by Crippen LogP contribution is -2.69. The summed E-state index contributed by atoms with van der Waals surface area (Å²) in [5, 5.41) is 10.2. The van der Waals surface area contributed by atoms with Gasteiger partial charge in [-0.3, -0.25) is 4.79 Å². The van der Waals surface area contributed by atoms with Crippen molar-refractivity contribution in [2.24, 2.45) is 23.2 Å². The van der Waals surface area contributed by atoms with Gasteiger partial charge in [-0.25, -0.2) is 4.98 Å². The van der Waals surface area contributed by atoms with Crippen molar-refractivity contribution < 1.29 is 9.53 Å². The van der Waals surface area contributed by atoms with Gasteiger partial charge in [0.2, 0.25) is 11.9 Å². The van der Waals surface area contributed by atoms with Crippen molar-refractivity contribution in [3.05, 3.63) is 35.5 Å². The van der Waals surface area contributed by atoms with Gasteiger partial charge in [0.25, 0.3) is 0 Å². The number of anilines is 3. The summed E-state index contributed by atoms with van der Waals surface area (Å²) in [5.74, 6) is 2.61. The first-order valence-electron chi connectivity index (χ1n) is 14.3. The molecule has 1 aromatic carbocycles. The summed E-state index contributed by atoms with van der Waals surface area (Å²) in [6, 6.07) is 8.54. The number of ether oxygens (including phenoxy) is 1. The van der Waals surface area contributed by atoms with E-state index in [1.165, 1.54) is 25.7 Å². The van der Waals surface area contributed by atoms with Gasteiger partial charge in [0.1, 0.15) is 17.4 Å². The number of likely N-dealkylation sites (N-methyl/N-ethyl adjacent to an activating group) is 1. The number of halogens is 1. The molecular formula is C30H43ClN6O2. The summed E-state index contributed by atoms with van der Waals surface area (Å²) in [5.41, 5.74) is 0.537. The molecule has 0 unspecified atom stereocenters. The molecule has 4 saturated carbocycles. The van der Waals surface area contributed by atoms with Crippen LogP contribution in [0.1, 0.15) is 59.3 Å². The van der Waals surface area contributed by atoms with Gasteiger partial charge in [-0.15, -0.1) is 0 Å². The minimum absolute atomic E-state index is 0.0613. The largest absolute Gasteiger partial charge is 0.492 e. The third kappa shape index (κ3) is 5.55. The molecule has 4 aliphatic rings. The third-order valence-electron chi connectivity index (χ3n) is 9.90. The number of aromatic nitrogens is 2. The Balaban J connectivity index is 1.23. The second-order valence-electron chi connectivity index (χ2n) is 12.4. The summed E-state index contributed by atoms with van der Waals surface area (Å²) in [4.78, 5) is 24.4. The highest BCUT2D eigenvalue weighted by Crippen LogP contribution is 2.65. The average molecular weight is 555 g/mol. The molecule has 4 atom stereocenters. The lowest BCUT2D eigenvalue weighted by molar-refractivity contribution is -0.155. The van der Waals surface area contributed by atoms with Crippen LogP contribution in [0.3, 0.4) is 0 Å². The van der Waals surface area contributed by atoms with E-state index in [0.29, 0.717) is 41.3 Å². The van der Waals surface area contributed by atoms with Crippen molar-refractivity contribution in [3.8, 4) is 5.75 Å². The fourth-order valence-corrected chi connectivity index (χ4v) is 7.44. The summed E-state index contributed by atoms with van der Waals surface area (Å²) in [6.45, 7) is 8.36. The summed E-state index contributed by atoms with van der Waals surface area (Å²) >= 11 is 6.57. The first kappa shape index (κ1) is 28.0. The van der Waals surface area contributed by atoms with Crippen molar-refractivity contribution in [2.75, 3.05) is 37.9 Å². The smallest absolute Gasteiger partial charge is 0.229 e. The van der Waals surface area contributed by atoms with Crippen LogP contribution in [-0.2, 0) is 4.79 Å². The number of hydrogen-bond acceptors (Lipinski definition) is 7. The predicted octanol–water partition coefficient (Wildman–Crippen LogP) is 5.73. The quantitative estimate of drug-likeness (QED) is 0.345. The van der Waals surface area contributed by atoms with Gasteiger partial charge in [-0.05, 0) is 81.2 Å². The fourth-order valence-electron chi connectivity index (χ4n) is 7.30. The molecule has 2 bridgehead atoms. The molecule has 9 heteroatoms. The standard InChI is InChI=1S/C30H43ClN6O2/c1-29(2)19-16-23(27(38)32-4)30(3,25(29)17-19)36-26-24(31)18-33-28(35-26)34-20-10-12-22(13-11-20)39-15-14-37(5)21-8-6-7-9-21/h10-13,18-19,21,23,25H,6-9,14-17H2,1-5H3,(H,32,38)(H2,33,34,35,36)/t19-,23-,25-,30+/m1/s1. The Bertz CT molecular complexity index is 1170. The minimum atomic E-state index is -0.474. The van der Waals surface area contributed by atoms with Crippen LogP contribution in [0.25, 0.3) is 0 Å². The van der Waals surface area contributed by atoms with Crippen LogP contribution in [0.2, 0.25) is 5.02 Å². The van der Waals surface area contributed by atoms with E-state index in [4.69, 9.17) is 21.3 Å². The van der Waals surface area contributed by atoms with Gasteiger partial charge in [-0.2, -0.15) is 4.98 Å². The molecule has 8 nitrogen and oxygen atoms in total. The van der Waals surface area contributed by atoms with E-state index in [1.807, 2.05) is 24.3 Å². The molecule has 212 valence electrons.